The Balaban J connectivity index is 1.55. The molecule has 0 unspecified atom stereocenters. The molecule has 30 heavy (non-hydrogen) atoms. The fourth-order valence-corrected chi connectivity index (χ4v) is 5.40. The SMILES string of the molecule is COc1cccc(N2CCN(S(=O)(=O)c3ccc4c(c3)C(=C(C)C)C(=O)N4)CC2)c1. The standard InChI is InChI=1S/C22H25N3O4S/c1-15(2)21-19-14-18(7-8-20(19)23-22(21)26)30(27,28)25-11-9-24(10-12-25)16-5-4-6-17(13-16)29-3/h4-8,13-14H,9-12H2,1-3H3,(H,23,26). The quantitative estimate of drug-likeness (QED) is 0.759. The lowest BCUT2D eigenvalue weighted by Crippen LogP contribution is -2.48. The Morgan fingerprint density at radius 1 is 1.03 bits per heavy atom. The van der Waals surface area contributed by atoms with Gasteiger partial charge in [-0.2, -0.15) is 4.31 Å². The van der Waals surface area contributed by atoms with Crippen molar-refractivity contribution < 1.29 is 17.9 Å². The Morgan fingerprint density at radius 3 is 2.43 bits per heavy atom. The van der Waals surface area contributed by atoms with E-state index in [0.29, 0.717) is 43.0 Å². The number of nitrogens with zero attached hydrogens (tertiary/aromatic N) is 2. The number of hydrogen-bond acceptors (Lipinski definition) is 5. The molecular formula is C22H25N3O4S. The van der Waals surface area contributed by atoms with E-state index in [1.165, 1.54) is 4.31 Å². The molecule has 2 aliphatic heterocycles. The van der Waals surface area contributed by atoms with Crippen molar-refractivity contribution in [3.8, 4) is 5.75 Å². The summed E-state index contributed by atoms with van der Waals surface area (Å²) in [5.41, 5.74) is 3.72. The molecule has 2 aromatic carbocycles. The van der Waals surface area contributed by atoms with Crippen LogP contribution in [-0.2, 0) is 14.8 Å². The van der Waals surface area contributed by atoms with Crippen LogP contribution in [-0.4, -0.2) is 51.9 Å². The highest BCUT2D eigenvalue weighted by Gasteiger charge is 2.32. The molecule has 2 heterocycles. The van der Waals surface area contributed by atoms with Gasteiger partial charge >= 0.3 is 0 Å². The van der Waals surface area contributed by atoms with Gasteiger partial charge in [-0.25, -0.2) is 8.42 Å². The summed E-state index contributed by atoms with van der Waals surface area (Å²) in [5.74, 6) is 0.588. The largest absolute Gasteiger partial charge is 0.497 e. The Hall–Kier alpha value is -2.84. The van der Waals surface area contributed by atoms with Crippen molar-refractivity contribution in [1.29, 1.82) is 0 Å². The minimum absolute atomic E-state index is 0.188. The van der Waals surface area contributed by atoms with Crippen LogP contribution in [0.15, 0.2) is 52.9 Å². The molecule has 1 amide bonds. The van der Waals surface area contributed by atoms with Gasteiger partial charge in [0.2, 0.25) is 10.0 Å². The van der Waals surface area contributed by atoms with Crippen LogP contribution in [0.3, 0.4) is 0 Å². The van der Waals surface area contributed by atoms with E-state index in [4.69, 9.17) is 4.74 Å². The molecule has 0 bridgehead atoms. The van der Waals surface area contributed by atoms with Crippen LogP contribution in [0.2, 0.25) is 0 Å². The van der Waals surface area contributed by atoms with Crippen LogP contribution in [0.5, 0.6) is 5.75 Å². The molecule has 1 saturated heterocycles. The topological polar surface area (TPSA) is 79.0 Å². The van der Waals surface area contributed by atoms with Gasteiger partial charge in [-0.3, -0.25) is 4.79 Å². The zero-order valence-electron chi connectivity index (χ0n) is 17.3. The fourth-order valence-electron chi connectivity index (χ4n) is 3.95. The molecule has 4 rings (SSSR count). The van der Waals surface area contributed by atoms with E-state index >= 15 is 0 Å². The zero-order chi connectivity index (χ0) is 21.5. The number of nitrogens with one attached hydrogen (secondary N) is 1. The van der Waals surface area contributed by atoms with Crippen LogP contribution in [0.4, 0.5) is 11.4 Å². The molecule has 158 valence electrons. The molecule has 0 aliphatic carbocycles. The predicted molar refractivity (Wildman–Crippen MR) is 117 cm³/mol. The third-order valence-corrected chi connectivity index (χ3v) is 7.43. The molecular weight excluding hydrogens is 402 g/mol. The summed E-state index contributed by atoms with van der Waals surface area (Å²) in [6.45, 7) is 5.67. The number of piperazine rings is 1. The third-order valence-electron chi connectivity index (χ3n) is 5.53. The summed E-state index contributed by atoms with van der Waals surface area (Å²) in [6, 6.07) is 12.6. The lowest BCUT2D eigenvalue weighted by atomic mass is 10.0. The molecule has 7 nitrogen and oxygen atoms in total. The van der Waals surface area contributed by atoms with Gasteiger partial charge in [0, 0.05) is 54.8 Å². The van der Waals surface area contributed by atoms with Crippen molar-refractivity contribution >= 4 is 32.9 Å². The summed E-state index contributed by atoms with van der Waals surface area (Å²) >= 11 is 0. The van der Waals surface area contributed by atoms with Crippen molar-refractivity contribution in [1.82, 2.24) is 4.31 Å². The summed E-state index contributed by atoms with van der Waals surface area (Å²) in [6.07, 6.45) is 0. The van der Waals surface area contributed by atoms with E-state index in [1.807, 2.05) is 38.1 Å². The second-order valence-corrected chi connectivity index (χ2v) is 9.57. The van der Waals surface area contributed by atoms with Crippen molar-refractivity contribution in [2.45, 2.75) is 18.7 Å². The van der Waals surface area contributed by atoms with Crippen molar-refractivity contribution in [3.63, 3.8) is 0 Å². The maximum absolute atomic E-state index is 13.3. The highest BCUT2D eigenvalue weighted by Crippen LogP contribution is 2.36. The molecule has 8 heteroatoms. The summed E-state index contributed by atoms with van der Waals surface area (Å²) in [4.78, 5) is 14.6. The van der Waals surface area contributed by atoms with Crippen molar-refractivity contribution in [2.75, 3.05) is 43.5 Å². The van der Waals surface area contributed by atoms with Crippen LogP contribution in [0, 0.1) is 0 Å². The van der Waals surface area contributed by atoms with Crippen LogP contribution < -0.4 is 15.0 Å². The average Bonchev–Trinajstić information content (AvgIpc) is 3.09. The highest BCUT2D eigenvalue weighted by atomic mass is 32.2. The number of amides is 1. The summed E-state index contributed by atoms with van der Waals surface area (Å²) < 4.78 is 33.3. The number of hydrogen-bond donors (Lipinski definition) is 1. The Kier molecular flexibility index (Phi) is 5.29. The highest BCUT2D eigenvalue weighted by molar-refractivity contribution is 7.89. The maximum Gasteiger partial charge on any atom is 0.256 e. The van der Waals surface area contributed by atoms with Gasteiger partial charge in [-0.15, -0.1) is 0 Å². The first kappa shape index (κ1) is 20.4. The Bertz CT molecular complexity index is 1130. The Morgan fingerprint density at radius 2 is 1.77 bits per heavy atom. The molecule has 1 fully saturated rings. The Labute approximate surface area is 177 Å². The molecule has 0 saturated carbocycles. The monoisotopic (exact) mass is 427 g/mol. The van der Waals surface area contributed by atoms with E-state index in [2.05, 4.69) is 10.2 Å². The number of fused-ring (bicyclic) bond motifs is 1. The van der Waals surface area contributed by atoms with E-state index < -0.39 is 10.0 Å². The summed E-state index contributed by atoms with van der Waals surface area (Å²) in [5, 5.41) is 2.80. The first-order chi connectivity index (χ1) is 14.3. The normalized spacial score (nSPS) is 17.0. The molecule has 1 N–H and O–H groups in total. The van der Waals surface area contributed by atoms with Gasteiger partial charge < -0.3 is 15.0 Å². The van der Waals surface area contributed by atoms with E-state index in [-0.39, 0.29) is 10.8 Å². The first-order valence-electron chi connectivity index (χ1n) is 9.83. The molecule has 0 radical (unpaired) electrons. The van der Waals surface area contributed by atoms with Gasteiger partial charge in [0.25, 0.3) is 5.91 Å². The lowest BCUT2D eigenvalue weighted by Gasteiger charge is -2.35. The number of rotatable bonds is 4. The van der Waals surface area contributed by atoms with Gasteiger partial charge in [0.1, 0.15) is 5.75 Å². The number of methoxy groups -OCH3 is 1. The molecule has 0 spiro atoms. The smallest absolute Gasteiger partial charge is 0.256 e. The minimum Gasteiger partial charge on any atom is -0.497 e. The van der Waals surface area contributed by atoms with E-state index in [0.717, 1.165) is 17.0 Å². The first-order valence-corrected chi connectivity index (χ1v) is 11.3. The molecule has 2 aromatic rings. The molecule has 2 aliphatic rings. The van der Waals surface area contributed by atoms with Crippen LogP contribution in [0.25, 0.3) is 5.57 Å². The van der Waals surface area contributed by atoms with Crippen LogP contribution in [0.1, 0.15) is 19.4 Å². The molecule has 0 atom stereocenters. The van der Waals surface area contributed by atoms with Crippen molar-refractivity contribution in [3.05, 3.63) is 53.6 Å². The van der Waals surface area contributed by atoms with Gasteiger partial charge in [0.15, 0.2) is 0 Å². The maximum atomic E-state index is 13.3. The number of allylic oxidation sites excluding steroid dienone is 1. The minimum atomic E-state index is -3.65. The van der Waals surface area contributed by atoms with Gasteiger partial charge in [-0.05, 0) is 44.2 Å². The number of anilines is 2. The number of sulfonamides is 1. The van der Waals surface area contributed by atoms with E-state index in [9.17, 15) is 13.2 Å². The second-order valence-electron chi connectivity index (χ2n) is 7.63. The fraction of sp³-hybridized carbons (Fsp3) is 0.318. The lowest BCUT2D eigenvalue weighted by molar-refractivity contribution is -0.110. The van der Waals surface area contributed by atoms with Gasteiger partial charge in [0.05, 0.1) is 12.0 Å². The number of carbonyl (C=O) groups excluding carboxylic acids is 1. The number of ether oxygens (including phenoxy) is 1. The van der Waals surface area contributed by atoms with E-state index in [1.54, 1.807) is 25.3 Å². The third kappa shape index (κ3) is 3.57. The van der Waals surface area contributed by atoms with Crippen molar-refractivity contribution in [2.24, 2.45) is 0 Å². The summed E-state index contributed by atoms with van der Waals surface area (Å²) in [7, 11) is -2.02. The van der Waals surface area contributed by atoms with Gasteiger partial charge in [-0.1, -0.05) is 11.6 Å². The average molecular weight is 428 g/mol. The number of carbonyl (C=O) groups is 1. The van der Waals surface area contributed by atoms with Crippen LogP contribution >= 0.6 is 0 Å². The molecule has 0 aromatic heterocycles. The zero-order valence-corrected chi connectivity index (χ0v) is 18.1. The second kappa shape index (κ2) is 7.77. The predicted octanol–water partition coefficient (Wildman–Crippen LogP) is 2.95. The number of benzene rings is 2.